The van der Waals surface area contributed by atoms with E-state index in [4.69, 9.17) is 22.1 Å². The van der Waals surface area contributed by atoms with E-state index in [1.165, 1.54) is 25.3 Å². The van der Waals surface area contributed by atoms with E-state index in [2.05, 4.69) is 21.2 Å². The Bertz CT molecular complexity index is 1050. The van der Waals surface area contributed by atoms with Crippen LogP contribution in [0, 0.1) is 0 Å². The van der Waals surface area contributed by atoms with Crippen molar-refractivity contribution in [3.05, 3.63) is 51.0 Å². The van der Waals surface area contributed by atoms with Gasteiger partial charge in [0.05, 0.1) is 29.1 Å². The van der Waals surface area contributed by atoms with Crippen LogP contribution >= 0.6 is 27.5 Å². The van der Waals surface area contributed by atoms with Gasteiger partial charge in [0.25, 0.3) is 5.91 Å². The fraction of sp³-hybridized carbons (Fsp3) is 0.278. The number of alkyl halides is 9. The molecular weight excluding hydrogens is 563 g/mol. The van der Waals surface area contributed by atoms with Crippen molar-refractivity contribution in [2.24, 2.45) is 0 Å². The van der Waals surface area contributed by atoms with Gasteiger partial charge < -0.3 is 15.8 Å². The molecule has 4 nitrogen and oxygen atoms in total. The van der Waals surface area contributed by atoms with Gasteiger partial charge in [0, 0.05) is 10.0 Å². The van der Waals surface area contributed by atoms with Gasteiger partial charge in [-0.25, -0.2) is 4.39 Å². The number of nitrogens with one attached hydrogen (secondary N) is 1. The molecule has 1 atom stereocenters. The third kappa shape index (κ3) is 4.54. The zero-order valence-corrected chi connectivity index (χ0v) is 18.3. The number of benzene rings is 2. The predicted octanol–water partition coefficient (Wildman–Crippen LogP) is 6.87. The third-order valence-electron chi connectivity index (χ3n) is 4.35. The second kappa shape index (κ2) is 8.78. The molecule has 2 rings (SSSR count). The van der Waals surface area contributed by atoms with Crippen molar-refractivity contribution >= 4 is 44.8 Å². The summed E-state index contributed by atoms with van der Waals surface area (Å²) < 4.78 is 124. The molecule has 0 saturated carbocycles. The number of methoxy groups -OCH3 is 1. The molecule has 1 amide bonds. The van der Waals surface area contributed by atoms with Crippen LogP contribution in [0.3, 0.4) is 0 Å². The molecule has 0 saturated heterocycles. The second-order valence-corrected chi connectivity index (χ2v) is 7.69. The SMILES string of the molecule is COc1c(N)cccc1C(=O)Nc1c(Cl)cc(C(F)(C(F)(F)F)C(F)(F)C(F)(F)F)cc1Br. The minimum Gasteiger partial charge on any atom is -0.494 e. The first-order chi connectivity index (χ1) is 14.9. The van der Waals surface area contributed by atoms with Crippen molar-refractivity contribution < 1.29 is 49.0 Å². The highest BCUT2D eigenvalue weighted by molar-refractivity contribution is 9.10. The summed E-state index contributed by atoms with van der Waals surface area (Å²) in [5.41, 5.74) is -3.37. The Morgan fingerprint density at radius 3 is 2.06 bits per heavy atom. The van der Waals surface area contributed by atoms with E-state index >= 15 is 0 Å². The lowest BCUT2D eigenvalue weighted by molar-refractivity contribution is -0.389. The van der Waals surface area contributed by atoms with Crippen LogP contribution in [0.15, 0.2) is 34.8 Å². The smallest absolute Gasteiger partial charge is 0.457 e. The summed E-state index contributed by atoms with van der Waals surface area (Å²) in [7, 11) is 1.18. The number of anilines is 2. The number of hydrogen-bond donors (Lipinski definition) is 2. The van der Waals surface area contributed by atoms with Crippen LogP contribution in [0.5, 0.6) is 5.75 Å². The maximum absolute atomic E-state index is 14.7. The number of nitrogen functional groups attached to an aromatic ring is 1. The largest absolute Gasteiger partial charge is 0.494 e. The lowest BCUT2D eigenvalue weighted by Crippen LogP contribution is -2.59. The first-order valence-electron chi connectivity index (χ1n) is 8.33. The van der Waals surface area contributed by atoms with E-state index in [9.17, 15) is 44.3 Å². The Morgan fingerprint density at radius 1 is 1.03 bits per heavy atom. The molecule has 0 fully saturated rings. The normalized spacial score (nSPS) is 14.5. The number of nitrogens with two attached hydrogens (primary N) is 1. The molecule has 1 unspecified atom stereocenters. The van der Waals surface area contributed by atoms with Crippen molar-refractivity contribution in [2.75, 3.05) is 18.2 Å². The van der Waals surface area contributed by atoms with Gasteiger partial charge in [-0.15, -0.1) is 0 Å². The number of carbonyl (C=O) groups excluding carboxylic acids is 1. The minimum absolute atomic E-state index is 0.00518. The van der Waals surface area contributed by atoms with E-state index < -0.39 is 50.6 Å². The number of carbonyl (C=O) groups is 1. The van der Waals surface area contributed by atoms with Crippen LogP contribution in [-0.4, -0.2) is 31.3 Å². The molecule has 15 heteroatoms. The first-order valence-corrected chi connectivity index (χ1v) is 9.50. The zero-order chi connectivity index (χ0) is 25.6. The Labute approximate surface area is 193 Å². The van der Waals surface area contributed by atoms with Gasteiger partial charge in [-0.3, -0.25) is 4.79 Å². The fourth-order valence-electron chi connectivity index (χ4n) is 2.75. The molecule has 0 aliphatic rings. The number of rotatable bonds is 5. The van der Waals surface area contributed by atoms with Crippen LogP contribution in [0.4, 0.5) is 50.9 Å². The Kier molecular flexibility index (Phi) is 7.16. The summed E-state index contributed by atoms with van der Waals surface area (Å²) in [4.78, 5) is 12.5. The molecule has 0 bridgehead atoms. The molecule has 0 aromatic heterocycles. The van der Waals surface area contributed by atoms with Gasteiger partial charge in [-0.2, -0.15) is 35.1 Å². The van der Waals surface area contributed by atoms with Gasteiger partial charge in [0.2, 0.25) is 0 Å². The van der Waals surface area contributed by atoms with Crippen LogP contribution in [0.2, 0.25) is 5.02 Å². The number of hydrogen-bond acceptors (Lipinski definition) is 3. The van der Waals surface area contributed by atoms with Crippen LogP contribution in [-0.2, 0) is 5.67 Å². The molecule has 33 heavy (non-hydrogen) atoms. The molecule has 0 aliphatic carbocycles. The Hall–Kier alpha value is -2.35. The van der Waals surface area contributed by atoms with Gasteiger partial charge >= 0.3 is 23.9 Å². The molecule has 2 aromatic rings. The van der Waals surface area contributed by atoms with E-state index in [0.717, 1.165) is 0 Å². The number of amides is 1. The van der Waals surface area contributed by atoms with E-state index in [1.807, 2.05) is 0 Å². The number of halogens is 11. The zero-order valence-electron chi connectivity index (χ0n) is 15.9. The average Bonchev–Trinajstić information content (AvgIpc) is 2.67. The highest BCUT2D eigenvalue weighted by Gasteiger charge is 2.81. The highest BCUT2D eigenvalue weighted by Crippen LogP contribution is 2.59. The molecule has 2 aromatic carbocycles. The Morgan fingerprint density at radius 2 is 1.61 bits per heavy atom. The van der Waals surface area contributed by atoms with Crippen molar-refractivity contribution in [3.8, 4) is 5.75 Å². The van der Waals surface area contributed by atoms with Gasteiger partial charge in [0.15, 0.2) is 5.75 Å². The quantitative estimate of drug-likeness (QED) is 0.303. The molecule has 0 radical (unpaired) electrons. The van der Waals surface area contributed by atoms with Gasteiger partial charge in [-0.1, -0.05) is 17.7 Å². The molecular formula is C18H11BrClF9N2O2. The standard InChI is InChI=1S/C18H11BrClF9N2O2/c1-33-13-8(3-2-4-11(13)30)14(32)31-12-9(19)5-7(6-10(12)20)15(21,17(24,25)26)16(22,23)18(27,28)29/h2-6H,30H2,1H3,(H,31,32). The predicted molar refractivity (Wildman–Crippen MR) is 104 cm³/mol. The van der Waals surface area contributed by atoms with Crippen LogP contribution < -0.4 is 15.8 Å². The van der Waals surface area contributed by atoms with Gasteiger partial charge in [-0.05, 0) is 40.2 Å². The molecule has 0 heterocycles. The van der Waals surface area contributed by atoms with Gasteiger partial charge in [0.1, 0.15) is 0 Å². The lowest BCUT2D eigenvalue weighted by Gasteiger charge is -2.36. The maximum Gasteiger partial charge on any atom is 0.457 e. The second-order valence-electron chi connectivity index (χ2n) is 6.43. The maximum atomic E-state index is 14.7. The van der Waals surface area contributed by atoms with E-state index in [1.54, 1.807) is 0 Å². The molecule has 182 valence electrons. The van der Waals surface area contributed by atoms with Crippen molar-refractivity contribution in [2.45, 2.75) is 23.9 Å². The van der Waals surface area contributed by atoms with E-state index in [-0.39, 0.29) is 29.1 Å². The molecule has 3 N–H and O–H groups in total. The summed E-state index contributed by atoms with van der Waals surface area (Å²) in [6.07, 6.45) is -13.6. The number of para-hydroxylation sites is 1. The highest BCUT2D eigenvalue weighted by atomic mass is 79.9. The summed E-state index contributed by atoms with van der Waals surface area (Å²) in [5.74, 6) is -7.96. The van der Waals surface area contributed by atoms with Crippen molar-refractivity contribution in [1.29, 1.82) is 0 Å². The monoisotopic (exact) mass is 572 g/mol. The average molecular weight is 574 g/mol. The summed E-state index contributed by atoms with van der Waals surface area (Å²) in [6, 6.07) is 3.89. The Balaban J connectivity index is 2.60. The first kappa shape index (κ1) is 26.9. The molecule has 0 spiro atoms. The van der Waals surface area contributed by atoms with Crippen LogP contribution in [0.1, 0.15) is 15.9 Å². The summed E-state index contributed by atoms with van der Waals surface area (Å²) in [6.45, 7) is 0. The van der Waals surface area contributed by atoms with Crippen molar-refractivity contribution in [1.82, 2.24) is 0 Å². The topological polar surface area (TPSA) is 64.3 Å². The van der Waals surface area contributed by atoms with E-state index in [0.29, 0.717) is 0 Å². The fourth-order valence-corrected chi connectivity index (χ4v) is 3.69. The third-order valence-corrected chi connectivity index (χ3v) is 5.28. The lowest BCUT2D eigenvalue weighted by atomic mass is 9.87. The van der Waals surface area contributed by atoms with Crippen molar-refractivity contribution in [3.63, 3.8) is 0 Å². The minimum atomic E-state index is -6.90. The van der Waals surface area contributed by atoms with Crippen LogP contribution in [0.25, 0.3) is 0 Å². The summed E-state index contributed by atoms with van der Waals surface area (Å²) >= 11 is 8.34. The molecule has 0 aliphatic heterocycles. The number of ether oxygens (including phenoxy) is 1. The summed E-state index contributed by atoms with van der Waals surface area (Å²) in [5, 5.41) is 1.14.